The van der Waals surface area contributed by atoms with Crippen molar-refractivity contribution in [3.8, 4) is 0 Å². The summed E-state index contributed by atoms with van der Waals surface area (Å²) in [6, 6.07) is 0.164. The fourth-order valence-electron chi connectivity index (χ4n) is 3.21. The van der Waals surface area contributed by atoms with E-state index in [1.807, 2.05) is 4.90 Å². The molecule has 0 bridgehead atoms. The summed E-state index contributed by atoms with van der Waals surface area (Å²) in [7, 11) is -2.95. The van der Waals surface area contributed by atoms with Crippen LogP contribution in [0.1, 0.15) is 44.9 Å². The van der Waals surface area contributed by atoms with Gasteiger partial charge in [0.15, 0.2) is 0 Å². The zero-order valence-electron chi connectivity index (χ0n) is 12.3. The number of amides is 1. The number of sulfone groups is 1. The van der Waals surface area contributed by atoms with Gasteiger partial charge < -0.3 is 10.2 Å². The molecule has 2 rings (SSSR count). The minimum Gasteiger partial charge on any atom is -0.342 e. The summed E-state index contributed by atoms with van der Waals surface area (Å²) in [5.74, 6) is 0.158. The number of hydrogen-bond acceptors (Lipinski definition) is 4. The van der Waals surface area contributed by atoms with Gasteiger partial charge in [0.05, 0.1) is 11.8 Å². The van der Waals surface area contributed by atoms with E-state index in [1.54, 1.807) is 0 Å². The van der Waals surface area contributed by atoms with Crippen LogP contribution in [0.2, 0.25) is 0 Å². The summed E-state index contributed by atoms with van der Waals surface area (Å²) < 4.78 is 23.2. The predicted octanol–water partition coefficient (Wildman–Crippen LogP) is 0.944. The van der Waals surface area contributed by atoms with E-state index in [2.05, 4.69) is 5.32 Å². The van der Waals surface area contributed by atoms with Crippen molar-refractivity contribution in [2.24, 2.45) is 0 Å². The van der Waals surface area contributed by atoms with E-state index in [1.165, 1.54) is 12.7 Å². The Kier molecular flexibility index (Phi) is 5.43. The second-order valence-corrected chi connectivity index (χ2v) is 8.46. The Morgan fingerprint density at radius 3 is 2.50 bits per heavy atom. The van der Waals surface area contributed by atoms with E-state index in [4.69, 9.17) is 0 Å². The van der Waals surface area contributed by atoms with Crippen LogP contribution in [0, 0.1) is 0 Å². The molecule has 5 nitrogen and oxygen atoms in total. The number of carbonyl (C=O) groups is 1. The fraction of sp³-hybridized carbons (Fsp3) is 0.929. The molecule has 6 heteroatoms. The van der Waals surface area contributed by atoms with Crippen molar-refractivity contribution in [3.05, 3.63) is 0 Å². The lowest BCUT2D eigenvalue weighted by Gasteiger charge is -2.31. The maximum absolute atomic E-state index is 12.1. The molecule has 0 aromatic carbocycles. The number of nitrogens with one attached hydrogen (secondary N) is 1. The first-order valence-corrected chi connectivity index (χ1v) is 9.62. The van der Waals surface area contributed by atoms with Crippen LogP contribution >= 0.6 is 0 Å². The van der Waals surface area contributed by atoms with Crippen molar-refractivity contribution >= 4 is 15.7 Å². The van der Waals surface area contributed by atoms with Crippen molar-refractivity contribution in [1.82, 2.24) is 10.2 Å². The van der Waals surface area contributed by atoms with Crippen LogP contribution in [0.15, 0.2) is 0 Å². The quantitative estimate of drug-likeness (QED) is 0.839. The first kappa shape index (κ1) is 15.8. The van der Waals surface area contributed by atoms with Crippen molar-refractivity contribution in [2.75, 3.05) is 25.9 Å². The third-order valence-corrected chi connectivity index (χ3v) is 6.12. The molecule has 0 spiro atoms. The van der Waals surface area contributed by atoms with Crippen LogP contribution < -0.4 is 5.32 Å². The molecular formula is C14H26N2O3S. The van der Waals surface area contributed by atoms with Gasteiger partial charge in [0.1, 0.15) is 9.84 Å². The first-order valence-electron chi connectivity index (χ1n) is 7.67. The molecule has 2 aliphatic rings. The summed E-state index contributed by atoms with van der Waals surface area (Å²) in [6.07, 6.45) is 8.04. The van der Waals surface area contributed by atoms with E-state index in [-0.39, 0.29) is 17.2 Å². The summed E-state index contributed by atoms with van der Waals surface area (Å²) in [6.45, 7) is 2.09. The molecule has 1 saturated carbocycles. The first-order chi connectivity index (χ1) is 9.47. The smallest absolute Gasteiger partial charge is 0.236 e. The molecule has 20 heavy (non-hydrogen) atoms. The SMILES string of the molecule is CS(=O)(=O)C1CCCC(NCC(=O)N2CCCCC2)C1. The van der Waals surface area contributed by atoms with Crippen molar-refractivity contribution in [2.45, 2.75) is 56.2 Å². The number of carbonyl (C=O) groups excluding carboxylic acids is 1. The Balaban J connectivity index is 1.77. The number of likely N-dealkylation sites (tertiary alicyclic amines) is 1. The Hall–Kier alpha value is -0.620. The Morgan fingerprint density at radius 2 is 1.85 bits per heavy atom. The topological polar surface area (TPSA) is 66.5 Å². The number of rotatable bonds is 4. The highest BCUT2D eigenvalue weighted by Crippen LogP contribution is 2.23. The van der Waals surface area contributed by atoms with Gasteiger partial charge in [-0.2, -0.15) is 0 Å². The maximum atomic E-state index is 12.1. The Bertz CT molecular complexity index is 430. The molecule has 0 aromatic heterocycles. The van der Waals surface area contributed by atoms with E-state index in [0.29, 0.717) is 13.0 Å². The average Bonchev–Trinajstić information content (AvgIpc) is 2.45. The van der Waals surface area contributed by atoms with E-state index >= 15 is 0 Å². The molecule has 2 atom stereocenters. The molecule has 0 aromatic rings. The summed E-state index contributed by atoms with van der Waals surface area (Å²) in [5, 5.41) is 3.03. The number of piperidine rings is 1. The minimum absolute atomic E-state index is 0.158. The highest BCUT2D eigenvalue weighted by molar-refractivity contribution is 7.91. The number of nitrogens with zero attached hydrogens (tertiary/aromatic N) is 1. The highest BCUT2D eigenvalue weighted by atomic mass is 32.2. The van der Waals surface area contributed by atoms with Gasteiger partial charge in [-0.05, 0) is 38.5 Å². The minimum atomic E-state index is -2.95. The molecule has 1 saturated heterocycles. The van der Waals surface area contributed by atoms with Crippen LogP contribution in [-0.2, 0) is 14.6 Å². The third-order valence-electron chi connectivity index (χ3n) is 4.48. The van der Waals surface area contributed by atoms with Gasteiger partial charge in [-0.15, -0.1) is 0 Å². The second kappa shape index (κ2) is 6.89. The molecule has 0 radical (unpaired) electrons. The molecule has 1 N–H and O–H groups in total. The summed E-state index contributed by atoms with van der Waals surface area (Å²) >= 11 is 0. The highest BCUT2D eigenvalue weighted by Gasteiger charge is 2.29. The molecule has 1 amide bonds. The van der Waals surface area contributed by atoms with Gasteiger partial charge in [0.2, 0.25) is 5.91 Å². The zero-order chi connectivity index (χ0) is 14.6. The standard InChI is InChI=1S/C14H26N2O3S/c1-20(18,19)13-7-5-6-12(10-13)15-11-14(17)16-8-3-2-4-9-16/h12-13,15H,2-11H2,1H3. The lowest BCUT2D eigenvalue weighted by Crippen LogP contribution is -2.46. The summed E-state index contributed by atoms with van der Waals surface area (Å²) in [5.41, 5.74) is 0. The molecule has 1 heterocycles. The monoisotopic (exact) mass is 302 g/mol. The van der Waals surface area contributed by atoms with Crippen LogP contribution in [0.4, 0.5) is 0 Å². The van der Waals surface area contributed by atoms with Crippen molar-refractivity contribution in [3.63, 3.8) is 0 Å². The molecular weight excluding hydrogens is 276 g/mol. The molecule has 2 fully saturated rings. The lowest BCUT2D eigenvalue weighted by atomic mass is 9.95. The van der Waals surface area contributed by atoms with Crippen LogP contribution in [0.25, 0.3) is 0 Å². The van der Waals surface area contributed by atoms with E-state index in [9.17, 15) is 13.2 Å². The van der Waals surface area contributed by atoms with Crippen molar-refractivity contribution in [1.29, 1.82) is 0 Å². The van der Waals surface area contributed by atoms with Gasteiger partial charge >= 0.3 is 0 Å². The van der Waals surface area contributed by atoms with Gasteiger partial charge in [0, 0.05) is 25.4 Å². The Labute approximate surface area is 122 Å². The lowest BCUT2D eigenvalue weighted by molar-refractivity contribution is -0.131. The number of hydrogen-bond donors (Lipinski definition) is 1. The fourth-order valence-corrected chi connectivity index (χ4v) is 4.38. The largest absolute Gasteiger partial charge is 0.342 e. The second-order valence-electron chi connectivity index (χ2n) is 6.14. The molecule has 1 aliphatic carbocycles. The van der Waals surface area contributed by atoms with Crippen LogP contribution in [0.3, 0.4) is 0 Å². The van der Waals surface area contributed by atoms with E-state index in [0.717, 1.165) is 45.2 Å². The van der Waals surface area contributed by atoms with E-state index < -0.39 is 9.84 Å². The van der Waals surface area contributed by atoms with Gasteiger partial charge in [-0.25, -0.2) is 8.42 Å². The molecule has 116 valence electrons. The van der Waals surface area contributed by atoms with Gasteiger partial charge in [-0.3, -0.25) is 4.79 Å². The van der Waals surface area contributed by atoms with Gasteiger partial charge in [0.25, 0.3) is 0 Å². The maximum Gasteiger partial charge on any atom is 0.236 e. The normalized spacial score (nSPS) is 28.4. The predicted molar refractivity (Wildman–Crippen MR) is 79.3 cm³/mol. The molecule has 1 aliphatic heterocycles. The zero-order valence-corrected chi connectivity index (χ0v) is 13.1. The van der Waals surface area contributed by atoms with Crippen molar-refractivity contribution < 1.29 is 13.2 Å². The van der Waals surface area contributed by atoms with Crippen LogP contribution in [0.5, 0.6) is 0 Å². The molecule has 2 unspecified atom stereocenters. The third kappa shape index (κ3) is 4.45. The van der Waals surface area contributed by atoms with Crippen LogP contribution in [-0.4, -0.2) is 56.4 Å². The summed E-state index contributed by atoms with van der Waals surface area (Å²) in [4.78, 5) is 14.0. The van der Waals surface area contributed by atoms with Gasteiger partial charge in [-0.1, -0.05) is 6.42 Å². The Morgan fingerprint density at radius 1 is 1.15 bits per heavy atom. The average molecular weight is 302 g/mol.